The van der Waals surface area contributed by atoms with Crippen LogP contribution in [0.5, 0.6) is 0 Å². The van der Waals surface area contributed by atoms with Crippen LogP contribution < -0.4 is 10.9 Å². The largest absolute Gasteiger partial charge is 0.422 e. The first kappa shape index (κ1) is 18.2. The third kappa shape index (κ3) is 2.60. The van der Waals surface area contributed by atoms with E-state index in [-0.39, 0.29) is 11.7 Å². The second-order valence-corrected chi connectivity index (χ2v) is 8.53. The van der Waals surface area contributed by atoms with Crippen molar-refractivity contribution in [1.82, 2.24) is 0 Å². The number of hydrogen-bond acceptors (Lipinski definition) is 3. The molecule has 1 aliphatic rings. The van der Waals surface area contributed by atoms with E-state index >= 15 is 0 Å². The van der Waals surface area contributed by atoms with Gasteiger partial charge in [-0.2, -0.15) is 0 Å². The van der Waals surface area contributed by atoms with Gasteiger partial charge in [0.25, 0.3) is 0 Å². The van der Waals surface area contributed by atoms with Crippen LogP contribution in [0.1, 0.15) is 17.2 Å². The van der Waals surface area contributed by atoms with Gasteiger partial charge in [0.2, 0.25) is 0 Å². The molecule has 2 heterocycles. The van der Waals surface area contributed by atoms with E-state index in [2.05, 4.69) is 59.9 Å². The summed E-state index contributed by atoms with van der Waals surface area (Å²) in [5.41, 5.74) is 5.08. The molecule has 3 nitrogen and oxygen atoms in total. The molecule has 0 bridgehead atoms. The van der Waals surface area contributed by atoms with Gasteiger partial charge in [0.05, 0.1) is 11.6 Å². The fraction of sp³-hybridized carbons (Fsp3) is 0.0333. The Balaban J connectivity index is 1.65. The predicted octanol–water partition coefficient (Wildman–Crippen LogP) is 7.28. The molecule has 3 heteroatoms. The van der Waals surface area contributed by atoms with Crippen molar-refractivity contribution < 1.29 is 4.42 Å². The molecule has 0 amide bonds. The maximum absolute atomic E-state index is 13.5. The van der Waals surface area contributed by atoms with Crippen molar-refractivity contribution in [3.63, 3.8) is 0 Å². The third-order valence-corrected chi connectivity index (χ3v) is 6.75. The summed E-state index contributed by atoms with van der Waals surface area (Å²) < 4.78 is 5.86. The van der Waals surface area contributed by atoms with E-state index in [1.165, 1.54) is 0 Å². The zero-order valence-corrected chi connectivity index (χ0v) is 17.7. The monoisotopic (exact) mass is 425 g/mol. The fourth-order valence-electron chi connectivity index (χ4n) is 5.32. The van der Waals surface area contributed by atoms with Crippen molar-refractivity contribution in [2.45, 2.75) is 6.04 Å². The van der Waals surface area contributed by atoms with Crippen molar-refractivity contribution in [1.29, 1.82) is 0 Å². The van der Waals surface area contributed by atoms with Crippen LogP contribution in [0.3, 0.4) is 0 Å². The van der Waals surface area contributed by atoms with Gasteiger partial charge in [0.15, 0.2) is 0 Å². The molecule has 1 N–H and O–H groups in total. The summed E-state index contributed by atoms with van der Waals surface area (Å²) >= 11 is 0. The molecule has 1 aromatic heterocycles. The Kier molecular flexibility index (Phi) is 3.76. The van der Waals surface area contributed by atoms with E-state index < -0.39 is 0 Å². The Morgan fingerprint density at radius 2 is 1.27 bits per heavy atom. The highest BCUT2D eigenvalue weighted by molar-refractivity contribution is 6.11. The van der Waals surface area contributed by atoms with Crippen LogP contribution in [0.4, 0.5) is 5.69 Å². The molecule has 0 aliphatic carbocycles. The van der Waals surface area contributed by atoms with E-state index in [1.54, 1.807) is 0 Å². The van der Waals surface area contributed by atoms with Crippen LogP contribution >= 0.6 is 0 Å². The topological polar surface area (TPSA) is 42.2 Å². The molecule has 0 unspecified atom stereocenters. The normalized spacial score (nSPS) is 14.7. The molecule has 7 rings (SSSR count). The smallest absolute Gasteiger partial charge is 0.342 e. The minimum absolute atomic E-state index is 0.298. The van der Waals surface area contributed by atoms with Crippen molar-refractivity contribution in [2.75, 3.05) is 5.32 Å². The van der Waals surface area contributed by atoms with Gasteiger partial charge in [-0.05, 0) is 39.2 Å². The summed E-state index contributed by atoms with van der Waals surface area (Å²) in [7, 11) is 0. The Bertz CT molecular complexity index is 1780. The molecule has 1 aliphatic heterocycles. The first-order valence-corrected chi connectivity index (χ1v) is 11.1. The minimum Gasteiger partial charge on any atom is -0.422 e. The van der Waals surface area contributed by atoms with Crippen LogP contribution in [0.25, 0.3) is 43.6 Å². The van der Waals surface area contributed by atoms with E-state index in [0.29, 0.717) is 11.1 Å². The number of rotatable bonds is 1. The molecular formula is C30H19NO2. The fourth-order valence-corrected chi connectivity index (χ4v) is 5.32. The zero-order chi connectivity index (χ0) is 21.9. The molecule has 0 radical (unpaired) electrons. The quantitative estimate of drug-likeness (QED) is 0.281. The van der Waals surface area contributed by atoms with Gasteiger partial charge in [-0.1, -0.05) is 91.0 Å². The number of benzene rings is 5. The van der Waals surface area contributed by atoms with Crippen molar-refractivity contribution in [3.8, 4) is 11.1 Å². The molecular weight excluding hydrogens is 406 g/mol. The van der Waals surface area contributed by atoms with Gasteiger partial charge in [-0.3, -0.25) is 0 Å². The molecule has 156 valence electrons. The number of anilines is 1. The Hall–Kier alpha value is -4.37. The number of para-hydroxylation sites is 1. The zero-order valence-electron chi connectivity index (χ0n) is 17.7. The average molecular weight is 425 g/mol. The second-order valence-electron chi connectivity index (χ2n) is 8.53. The van der Waals surface area contributed by atoms with Crippen molar-refractivity contribution >= 4 is 38.2 Å². The molecule has 0 fully saturated rings. The lowest BCUT2D eigenvalue weighted by Crippen LogP contribution is -2.25. The Morgan fingerprint density at radius 3 is 2.12 bits per heavy atom. The number of nitrogens with one attached hydrogen (secondary N) is 1. The van der Waals surface area contributed by atoms with E-state index in [0.717, 1.165) is 49.3 Å². The van der Waals surface area contributed by atoms with Gasteiger partial charge < -0.3 is 9.73 Å². The van der Waals surface area contributed by atoms with Crippen LogP contribution in [-0.2, 0) is 0 Å². The van der Waals surface area contributed by atoms with Crippen LogP contribution in [0, 0.1) is 0 Å². The van der Waals surface area contributed by atoms with Gasteiger partial charge in [-0.15, -0.1) is 0 Å². The van der Waals surface area contributed by atoms with Crippen molar-refractivity contribution in [2.24, 2.45) is 0 Å². The SMILES string of the molecule is O=c1oc2ccccc2c2c1[C@@H](c1cccc3ccccc13)Nc1ccc3ccccc3c1-2. The number of fused-ring (bicyclic) bond motifs is 8. The summed E-state index contributed by atoms with van der Waals surface area (Å²) in [4.78, 5) is 13.5. The molecule has 0 spiro atoms. The summed E-state index contributed by atoms with van der Waals surface area (Å²) in [5, 5.41) is 9.19. The average Bonchev–Trinajstić information content (AvgIpc) is 2.87. The summed E-state index contributed by atoms with van der Waals surface area (Å²) in [6.07, 6.45) is 0. The summed E-state index contributed by atoms with van der Waals surface area (Å²) in [6.45, 7) is 0. The highest BCUT2D eigenvalue weighted by Gasteiger charge is 2.32. The maximum atomic E-state index is 13.5. The number of hydrogen-bond donors (Lipinski definition) is 1. The first-order valence-electron chi connectivity index (χ1n) is 11.1. The van der Waals surface area contributed by atoms with Gasteiger partial charge in [-0.25, -0.2) is 4.79 Å². The predicted molar refractivity (Wildman–Crippen MR) is 135 cm³/mol. The van der Waals surface area contributed by atoms with Gasteiger partial charge >= 0.3 is 5.63 Å². The summed E-state index contributed by atoms with van der Waals surface area (Å²) in [6, 6.07) is 34.7. The molecule has 5 aromatic carbocycles. The lowest BCUT2D eigenvalue weighted by Gasteiger charge is -2.31. The van der Waals surface area contributed by atoms with Gasteiger partial charge in [0, 0.05) is 22.2 Å². The summed E-state index contributed by atoms with van der Waals surface area (Å²) in [5.74, 6) is 0. The van der Waals surface area contributed by atoms with Gasteiger partial charge in [0.1, 0.15) is 5.58 Å². The van der Waals surface area contributed by atoms with Crippen molar-refractivity contribution in [3.05, 3.63) is 125 Å². The maximum Gasteiger partial charge on any atom is 0.342 e. The highest BCUT2D eigenvalue weighted by atomic mass is 16.4. The second kappa shape index (κ2) is 6.81. The third-order valence-electron chi connectivity index (χ3n) is 6.75. The van der Waals surface area contributed by atoms with E-state index in [4.69, 9.17) is 4.42 Å². The molecule has 6 aromatic rings. The van der Waals surface area contributed by atoms with E-state index in [9.17, 15) is 4.79 Å². The molecule has 0 saturated carbocycles. The first-order chi connectivity index (χ1) is 16.3. The lowest BCUT2D eigenvalue weighted by atomic mass is 9.82. The Labute approximate surface area is 189 Å². The lowest BCUT2D eigenvalue weighted by molar-refractivity contribution is 0.548. The minimum atomic E-state index is -0.319. The van der Waals surface area contributed by atoms with Crippen LogP contribution in [0.15, 0.2) is 112 Å². The Morgan fingerprint density at radius 1 is 0.606 bits per heavy atom. The molecule has 33 heavy (non-hydrogen) atoms. The van der Waals surface area contributed by atoms with Crippen LogP contribution in [0.2, 0.25) is 0 Å². The molecule has 0 saturated heterocycles. The standard InChI is InChI=1S/C30H19NO2/c32-30-28-27(23-13-5-6-15-25(23)33-30)26-21-12-4-2-9-19(21)16-17-24(26)31-29(28)22-14-7-10-18-8-1-3-11-20(18)22/h1-17,29,31H/t29-/m1/s1. The molecule has 1 atom stereocenters. The van der Waals surface area contributed by atoms with Crippen LogP contribution in [-0.4, -0.2) is 0 Å². The highest BCUT2D eigenvalue weighted by Crippen LogP contribution is 2.48. The van der Waals surface area contributed by atoms with E-state index in [1.807, 2.05) is 48.5 Å².